The van der Waals surface area contributed by atoms with Crippen molar-refractivity contribution in [2.75, 3.05) is 5.33 Å². The maximum atomic E-state index is 5.48. The van der Waals surface area contributed by atoms with E-state index in [4.69, 9.17) is 4.74 Å². The van der Waals surface area contributed by atoms with Gasteiger partial charge in [-0.15, -0.1) is 0 Å². The molecule has 16 heavy (non-hydrogen) atoms. The molecule has 0 bridgehead atoms. The van der Waals surface area contributed by atoms with Gasteiger partial charge in [-0.2, -0.15) is 0 Å². The smallest absolute Gasteiger partial charge is 0.113 e. The van der Waals surface area contributed by atoms with E-state index in [2.05, 4.69) is 22.5 Å². The van der Waals surface area contributed by atoms with E-state index in [1.807, 2.05) is 54.6 Å². The second-order valence-corrected chi connectivity index (χ2v) is 3.83. The molecule has 0 saturated carbocycles. The normalized spacial score (nSPS) is 11.1. The Kier molecular flexibility index (Phi) is 6.35. The summed E-state index contributed by atoms with van der Waals surface area (Å²) in [4.78, 5) is 0. The lowest BCUT2D eigenvalue weighted by Crippen LogP contribution is -1.89. The van der Waals surface area contributed by atoms with E-state index in [1.54, 1.807) is 0 Å². The first kappa shape index (κ1) is 12.8. The molecular weight excluding hydrogens is 264 g/mol. The lowest BCUT2D eigenvalue weighted by atomic mass is 10.2. The summed E-state index contributed by atoms with van der Waals surface area (Å²) in [6.07, 6.45) is 7.71. The summed E-state index contributed by atoms with van der Waals surface area (Å²) in [5, 5.41) is 0.856. The van der Waals surface area contributed by atoms with Gasteiger partial charge in [0.2, 0.25) is 0 Å². The zero-order valence-electron chi connectivity index (χ0n) is 9.10. The molecule has 1 aromatic carbocycles. The SMILES string of the molecule is C=C(/C=C\C=C\CBr)OCc1ccccc1. The van der Waals surface area contributed by atoms with E-state index in [9.17, 15) is 0 Å². The molecule has 0 atom stereocenters. The van der Waals surface area contributed by atoms with Crippen LogP contribution < -0.4 is 0 Å². The summed E-state index contributed by atoms with van der Waals surface area (Å²) >= 11 is 3.30. The van der Waals surface area contributed by atoms with Crippen molar-refractivity contribution >= 4 is 15.9 Å². The molecule has 0 aromatic heterocycles. The lowest BCUT2D eigenvalue weighted by Gasteiger charge is -2.04. The van der Waals surface area contributed by atoms with E-state index < -0.39 is 0 Å². The van der Waals surface area contributed by atoms with Crippen LogP contribution in [0.1, 0.15) is 5.56 Å². The largest absolute Gasteiger partial charge is 0.490 e. The van der Waals surface area contributed by atoms with E-state index in [0.717, 1.165) is 10.9 Å². The maximum Gasteiger partial charge on any atom is 0.113 e. The molecule has 0 N–H and O–H groups in total. The minimum atomic E-state index is 0.562. The average molecular weight is 279 g/mol. The highest BCUT2D eigenvalue weighted by Crippen LogP contribution is 2.05. The van der Waals surface area contributed by atoms with Crippen molar-refractivity contribution in [2.45, 2.75) is 6.61 Å². The van der Waals surface area contributed by atoms with Crippen LogP contribution in [0.3, 0.4) is 0 Å². The van der Waals surface area contributed by atoms with Gasteiger partial charge in [-0.3, -0.25) is 0 Å². The predicted molar refractivity (Wildman–Crippen MR) is 72.4 cm³/mol. The highest BCUT2D eigenvalue weighted by atomic mass is 79.9. The minimum Gasteiger partial charge on any atom is -0.490 e. The van der Waals surface area contributed by atoms with E-state index in [-0.39, 0.29) is 0 Å². The molecule has 0 heterocycles. The number of rotatable bonds is 6. The molecule has 0 aliphatic rings. The molecule has 2 heteroatoms. The molecule has 0 saturated heterocycles. The van der Waals surface area contributed by atoms with E-state index >= 15 is 0 Å². The summed E-state index contributed by atoms with van der Waals surface area (Å²) in [7, 11) is 0. The molecule has 0 radical (unpaired) electrons. The summed E-state index contributed by atoms with van der Waals surface area (Å²) in [6.45, 7) is 4.37. The molecule has 0 fully saturated rings. The van der Waals surface area contributed by atoms with Gasteiger partial charge in [0.05, 0.1) is 0 Å². The Labute approximate surface area is 105 Å². The first-order valence-electron chi connectivity index (χ1n) is 5.07. The van der Waals surface area contributed by atoms with Crippen molar-refractivity contribution in [3.05, 3.63) is 72.5 Å². The monoisotopic (exact) mass is 278 g/mol. The number of hydrogen-bond donors (Lipinski definition) is 0. The van der Waals surface area contributed by atoms with Crippen molar-refractivity contribution in [1.29, 1.82) is 0 Å². The molecule has 1 nitrogen and oxygen atoms in total. The molecule has 0 amide bonds. The van der Waals surface area contributed by atoms with Gasteiger partial charge in [0, 0.05) is 5.33 Å². The summed E-state index contributed by atoms with van der Waals surface area (Å²) < 4.78 is 5.48. The second kappa shape index (κ2) is 7.94. The zero-order chi connectivity index (χ0) is 11.6. The van der Waals surface area contributed by atoms with Crippen LogP contribution in [-0.2, 0) is 11.3 Å². The first-order valence-corrected chi connectivity index (χ1v) is 6.20. The molecular formula is C14H15BrO. The Morgan fingerprint density at radius 1 is 1.25 bits per heavy atom. The van der Waals surface area contributed by atoms with Gasteiger partial charge in [-0.1, -0.05) is 71.1 Å². The van der Waals surface area contributed by atoms with Crippen LogP contribution >= 0.6 is 15.9 Å². The molecule has 0 unspecified atom stereocenters. The van der Waals surface area contributed by atoms with Gasteiger partial charge in [0.25, 0.3) is 0 Å². The van der Waals surface area contributed by atoms with Crippen LogP contribution in [0.5, 0.6) is 0 Å². The molecule has 0 aliphatic heterocycles. The second-order valence-electron chi connectivity index (χ2n) is 3.18. The van der Waals surface area contributed by atoms with Crippen LogP contribution in [-0.4, -0.2) is 5.33 Å². The molecule has 0 spiro atoms. The Morgan fingerprint density at radius 2 is 2.00 bits per heavy atom. The van der Waals surface area contributed by atoms with Crippen molar-refractivity contribution in [1.82, 2.24) is 0 Å². The Hall–Kier alpha value is -1.28. The third-order valence-corrected chi connectivity index (χ3v) is 2.26. The summed E-state index contributed by atoms with van der Waals surface area (Å²) in [5.74, 6) is 0.670. The van der Waals surface area contributed by atoms with Crippen LogP contribution in [0, 0.1) is 0 Å². The fourth-order valence-electron chi connectivity index (χ4n) is 1.09. The first-order chi connectivity index (χ1) is 7.83. The van der Waals surface area contributed by atoms with Gasteiger partial charge in [-0.05, 0) is 11.6 Å². The Bertz CT molecular complexity index is 366. The third-order valence-electron chi connectivity index (χ3n) is 1.89. The number of ether oxygens (including phenoxy) is 1. The predicted octanol–water partition coefficient (Wildman–Crippen LogP) is 4.22. The maximum absolute atomic E-state index is 5.48. The highest BCUT2D eigenvalue weighted by molar-refractivity contribution is 9.09. The minimum absolute atomic E-state index is 0.562. The third kappa shape index (κ3) is 5.56. The summed E-state index contributed by atoms with van der Waals surface area (Å²) in [5.41, 5.74) is 1.15. The van der Waals surface area contributed by atoms with Crippen LogP contribution in [0.2, 0.25) is 0 Å². The lowest BCUT2D eigenvalue weighted by molar-refractivity contribution is 0.212. The van der Waals surface area contributed by atoms with Crippen molar-refractivity contribution in [2.24, 2.45) is 0 Å². The molecule has 84 valence electrons. The van der Waals surface area contributed by atoms with Crippen molar-refractivity contribution < 1.29 is 4.74 Å². The van der Waals surface area contributed by atoms with Gasteiger partial charge in [0.1, 0.15) is 12.4 Å². The van der Waals surface area contributed by atoms with Crippen LogP contribution in [0.15, 0.2) is 67.0 Å². The van der Waals surface area contributed by atoms with Crippen LogP contribution in [0.25, 0.3) is 0 Å². The van der Waals surface area contributed by atoms with Gasteiger partial charge >= 0.3 is 0 Å². The topological polar surface area (TPSA) is 9.23 Å². The average Bonchev–Trinajstić information content (AvgIpc) is 2.33. The van der Waals surface area contributed by atoms with Crippen molar-refractivity contribution in [3.63, 3.8) is 0 Å². The fraction of sp³-hybridized carbons (Fsp3) is 0.143. The van der Waals surface area contributed by atoms with E-state index in [1.165, 1.54) is 0 Å². The van der Waals surface area contributed by atoms with Gasteiger partial charge in [0.15, 0.2) is 0 Å². The highest BCUT2D eigenvalue weighted by Gasteiger charge is 1.91. The number of benzene rings is 1. The standard InChI is InChI=1S/C14H15BrO/c1-13(8-4-3-7-11-15)16-12-14-9-5-2-6-10-14/h2-10H,1,11-12H2/b7-3+,8-4-. The quantitative estimate of drug-likeness (QED) is 0.430. The van der Waals surface area contributed by atoms with Gasteiger partial charge in [-0.25, -0.2) is 0 Å². The Morgan fingerprint density at radius 3 is 2.69 bits per heavy atom. The van der Waals surface area contributed by atoms with E-state index in [0.29, 0.717) is 12.4 Å². The zero-order valence-corrected chi connectivity index (χ0v) is 10.7. The molecule has 0 aliphatic carbocycles. The van der Waals surface area contributed by atoms with Crippen molar-refractivity contribution in [3.8, 4) is 0 Å². The number of alkyl halides is 1. The fourth-order valence-corrected chi connectivity index (χ4v) is 1.31. The van der Waals surface area contributed by atoms with Gasteiger partial charge < -0.3 is 4.74 Å². The number of hydrogen-bond acceptors (Lipinski definition) is 1. The Balaban J connectivity index is 2.30. The molecule has 1 aromatic rings. The number of halogens is 1. The van der Waals surface area contributed by atoms with Crippen LogP contribution in [0.4, 0.5) is 0 Å². The number of allylic oxidation sites excluding steroid dienone is 4. The summed E-state index contributed by atoms with van der Waals surface area (Å²) in [6, 6.07) is 10.0. The molecule has 1 rings (SSSR count).